The lowest BCUT2D eigenvalue weighted by atomic mass is 10.0. The zero-order valence-corrected chi connectivity index (χ0v) is 21.8. The van der Waals surface area contributed by atoms with Gasteiger partial charge < -0.3 is 20.3 Å². The fraction of sp³-hybridized carbons (Fsp3) is 0.542. The molecule has 2 heterocycles. The van der Waals surface area contributed by atoms with Crippen molar-refractivity contribution in [3.8, 4) is 0 Å². The Morgan fingerprint density at radius 2 is 1.92 bits per heavy atom. The molecule has 1 aliphatic rings. The summed E-state index contributed by atoms with van der Waals surface area (Å²) in [6.07, 6.45) is 7.90. The molecular formula is C24H36N6O5S. The molecule has 0 saturated heterocycles. The molecule has 0 fully saturated rings. The lowest BCUT2D eigenvalue weighted by Gasteiger charge is -2.26. The molecule has 0 unspecified atom stereocenters. The largest absolute Gasteiger partial charge is 0.375 e. The molecule has 0 saturated carbocycles. The normalized spacial score (nSPS) is 15.3. The Labute approximate surface area is 212 Å². The van der Waals surface area contributed by atoms with Gasteiger partial charge in [-0.2, -0.15) is 5.10 Å². The molecule has 198 valence electrons. The second-order valence-electron chi connectivity index (χ2n) is 8.84. The number of fused-ring (bicyclic) bond motifs is 1. The minimum Gasteiger partial charge on any atom is -0.375 e. The maximum atomic E-state index is 12.9. The molecule has 36 heavy (non-hydrogen) atoms. The number of sulfonamides is 1. The number of carbonyl (C=O) groups is 2. The van der Waals surface area contributed by atoms with Crippen molar-refractivity contribution in [3.63, 3.8) is 0 Å². The summed E-state index contributed by atoms with van der Waals surface area (Å²) in [4.78, 5) is 27.5. The van der Waals surface area contributed by atoms with E-state index in [0.717, 1.165) is 56.2 Å². The zero-order valence-electron chi connectivity index (χ0n) is 21.0. The van der Waals surface area contributed by atoms with Crippen LogP contribution in [0.5, 0.6) is 0 Å². The van der Waals surface area contributed by atoms with Crippen molar-refractivity contribution < 1.29 is 22.7 Å². The van der Waals surface area contributed by atoms with Crippen LogP contribution in [0, 0.1) is 0 Å². The molecule has 12 heteroatoms. The number of nitrogens with one attached hydrogen (secondary N) is 3. The molecule has 1 aromatic heterocycles. The van der Waals surface area contributed by atoms with E-state index in [1.807, 2.05) is 12.1 Å². The summed E-state index contributed by atoms with van der Waals surface area (Å²) >= 11 is 0. The number of rotatable bonds is 8. The fourth-order valence-electron chi connectivity index (χ4n) is 4.15. The number of benzene rings is 1. The summed E-state index contributed by atoms with van der Waals surface area (Å²) in [6, 6.07) is 6.92. The quantitative estimate of drug-likeness (QED) is 0.482. The highest BCUT2D eigenvalue weighted by atomic mass is 32.2. The van der Waals surface area contributed by atoms with Crippen molar-refractivity contribution >= 4 is 33.3 Å². The SMILES string of the molecule is COCC(=O)N1CCCCCCCNCc2cc(C(=O)NCCn3nccc3NS(C)(=O)=O)ccc21. The number of amides is 2. The molecular weight excluding hydrogens is 484 g/mol. The Morgan fingerprint density at radius 3 is 2.69 bits per heavy atom. The van der Waals surface area contributed by atoms with Crippen molar-refractivity contribution in [2.45, 2.75) is 45.2 Å². The van der Waals surface area contributed by atoms with E-state index in [2.05, 4.69) is 20.5 Å². The third kappa shape index (κ3) is 8.32. The van der Waals surface area contributed by atoms with E-state index in [9.17, 15) is 18.0 Å². The number of aromatic nitrogens is 2. The van der Waals surface area contributed by atoms with Gasteiger partial charge in [0.1, 0.15) is 12.4 Å². The molecule has 2 amide bonds. The first kappa shape index (κ1) is 27.6. The number of hydrogen-bond donors (Lipinski definition) is 3. The second-order valence-corrected chi connectivity index (χ2v) is 10.6. The molecule has 0 bridgehead atoms. The standard InChI is InChI=1S/C24H36N6O5S/c1-35-18-23(31)29-14-7-5-3-4-6-11-25-17-20-16-19(8-9-21(20)29)24(32)26-13-15-30-22(10-12-27-30)28-36(2,33)34/h8-10,12,16,25,28H,3-7,11,13-15,17-18H2,1-2H3,(H,26,32). The Morgan fingerprint density at radius 1 is 1.14 bits per heavy atom. The van der Waals surface area contributed by atoms with Gasteiger partial charge in [0.2, 0.25) is 10.0 Å². The van der Waals surface area contributed by atoms with E-state index in [4.69, 9.17) is 4.74 Å². The third-order valence-electron chi connectivity index (χ3n) is 5.87. The van der Waals surface area contributed by atoms with Gasteiger partial charge in [0.05, 0.1) is 19.0 Å². The molecule has 11 nitrogen and oxygen atoms in total. The van der Waals surface area contributed by atoms with Crippen LogP contribution in [0.1, 0.15) is 48.0 Å². The van der Waals surface area contributed by atoms with Gasteiger partial charge in [0.25, 0.3) is 11.8 Å². The van der Waals surface area contributed by atoms with Gasteiger partial charge in [-0.05, 0) is 43.1 Å². The van der Waals surface area contributed by atoms with E-state index in [0.29, 0.717) is 31.0 Å². The van der Waals surface area contributed by atoms with Gasteiger partial charge in [0.15, 0.2) is 0 Å². The smallest absolute Gasteiger partial charge is 0.252 e. The van der Waals surface area contributed by atoms with Crippen LogP contribution in [0.3, 0.4) is 0 Å². The Hall–Kier alpha value is -2.96. The van der Waals surface area contributed by atoms with E-state index < -0.39 is 10.0 Å². The van der Waals surface area contributed by atoms with Crippen molar-refractivity contribution in [1.82, 2.24) is 20.4 Å². The number of hydrogen-bond acceptors (Lipinski definition) is 7. The van der Waals surface area contributed by atoms with E-state index in [1.165, 1.54) is 18.0 Å². The van der Waals surface area contributed by atoms with Crippen molar-refractivity contribution in [1.29, 1.82) is 0 Å². The number of nitrogens with zero attached hydrogens (tertiary/aromatic N) is 3. The first-order chi connectivity index (χ1) is 17.3. The van der Waals surface area contributed by atoms with Gasteiger partial charge in [-0.1, -0.05) is 19.3 Å². The first-order valence-electron chi connectivity index (χ1n) is 12.2. The average molecular weight is 521 g/mol. The molecule has 1 aromatic carbocycles. The summed E-state index contributed by atoms with van der Waals surface area (Å²) in [5.41, 5.74) is 2.14. The maximum absolute atomic E-state index is 12.9. The predicted octanol–water partition coefficient (Wildman–Crippen LogP) is 1.72. The van der Waals surface area contributed by atoms with E-state index >= 15 is 0 Å². The van der Waals surface area contributed by atoms with Crippen LogP contribution < -0.4 is 20.3 Å². The molecule has 3 N–H and O–H groups in total. The van der Waals surface area contributed by atoms with Crippen LogP contribution in [-0.2, 0) is 32.6 Å². The molecule has 0 radical (unpaired) electrons. The van der Waals surface area contributed by atoms with Crippen LogP contribution in [0.25, 0.3) is 0 Å². The minimum atomic E-state index is -3.43. The van der Waals surface area contributed by atoms with Crippen LogP contribution in [-0.4, -0.2) is 69.6 Å². The van der Waals surface area contributed by atoms with Gasteiger partial charge in [-0.3, -0.25) is 14.3 Å². The average Bonchev–Trinajstić information content (AvgIpc) is 3.24. The summed E-state index contributed by atoms with van der Waals surface area (Å²) in [7, 11) is -1.92. The molecule has 3 rings (SSSR count). The maximum Gasteiger partial charge on any atom is 0.252 e. The minimum absolute atomic E-state index is 0.00128. The molecule has 1 aliphatic heterocycles. The van der Waals surface area contributed by atoms with Crippen molar-refractivity contribution in [2.24, 2.45) is 0 Å². The number of methoxy groups -OCH3 is 1. The molecule has 0 atom stereocenters. The zero-order chi connectivity index (χ0) is 26.0. The lowest BCUT2D eigenvalue weighted by molar-refractivity contribution is -0.122. The first-order valence-corrected chi connectivity index (χ1v) is 14.1. The van der Waals surface area contributed by atoms with Crippen LogP contribution >= 0.6 is 0 Å². The van der Waals surface area contributed by atoms with Gasteiger partial charge in [-0.25, -0.2) is 13.1 Å². The Bertz CT molecular complexity index is 1130. The summed E-state index contributed by atoms with van der Waals surface area (Å²) < 4.78 is 32.0. The summed E-state index contributed by atoms with van der Waals surface area (Å²) in [5.74, 6) is -0.0346. The van der Waals surface area contributed by atoms with Crippen LogP contribution in [0.4, 0.5) is 11.5 Å². The lowest BCUT2D eigenvalue weighted by Crippen LogP contribution is -2.36. The van der Waals surface area contributed by atoms with Crippen LogP contribution in [0.2, 0.25) is 0 Å². The number of ether oxygens (including phenoxy) is 1. The van der Waals surface area contributed by atoms with Crippen LogP contribution in [0.15, 0.2) is 30.5 Å². The van der Waals surface area contributed by atoms with Gasteiger partial charge >= 0.3 is 0 Å². The summed E-state index contributed by atoms with van der Waals surface area (Å²) in [6.45, 7) is 2.57. The highest BCUT2D eigenvalue weighted by Gasteiger charge is 2.20. The number of carbonyl (C=O) groups excluding carboxylic acids is 2. The Balaban J connectivity index is 1.73. The molecule has 0 spiro atoms. The van der Waals surface area contributed by atoms with Gasteiger partial charge in [0, 0.05) is 44.1 Å². The predicted molar refractivity (Wildman–Crippen MR) is 138 cm³/mol. The topological polar surface area (TPSA) is 135 Å². The monoisotopic (exact) mass is 520 g/mol. The Kier molecular flexibility index (Phi) is 10.3. The fourth-order valence-corrected chi connectivity index (χ4v) is 4.70. The molecule has 2 aromatic rings. The second kappa shape index (κ2) is 13.4. The van der Waals surface area contributed by atoms with Crippen molar-refractivity contribution in [3.05, 3.63) is 41.6 Å². The van der Waals surface area contributed by atoms with Gasteiger partial charge in [-0.15, -0.1) is 0 Å². The third-order valence-corrected chi connectivity index (χ3v) is 6.45. The van der Waals surface area contributed by atoms with E-state index in [1.54, 1.807) is 17.0 Å². The molecule has 0 aliphatic carbocycles. The van der Waals surface area contributed by atoms with Crippen molar-refractivity contribution in [2.75, 3.05) is 49.2 Å². The number of anilines is 2. The summed E-state index contributed by atoms with van der Waals surface area (Å²) in [5, 5.41) is 10.4. The van der Waals surface area contributed by atoms with E-state index in [-0.39, 0.29) is 25.0 Å². The highest BCUT2D eigenvalue weighted by molar-refractivity contribution is 7.92. The highest BCUT2D eigenvalue weighted by Crippen LogP contribution is 2.24.